The number of benzene rings is 1. The van der Waals surface area contributed by atoms with Crippen LogP contribution in [0, 0.1) is 5.82 Å². The fourth-order valence-corrected chi connectivity index (χ4v) is 2.63. The zero-order valence-electron chi connectivity index (χ0n) is 14.7. The molecule has 1 saturated carbocycles. The van der Waals surface area contributed by atoms with Crippen molar-refractivity contribution < 1.29 is 4.39 Å². The van der Waals surface area contributed by atoms with Crippen LogP contribution in [0.3, 0.4) is 0 Å². The number of guanidine groups is 1. The second-order valence-electron chi connectivity index (χ2n) is 7.32. The average Bonchev–Trinajstić information content (AvgIpc) is 3.27. The molecule has 0 bridgehead atoms. The first kappa shape index (κ1) is 17.7. The molecule has 1 aliphatic carbocycles. The first-order chi connectivity index (χ1) is 10.8. The third-order valence-electron chi connectivity index (χ3n) is 4.18. The van der Waals surface area contributed by atoms with Crippen molar-refractivity contribution in [2.24, 2.45) is 4.99 Å². The Morgan fingerprint density at radius 3 is 2.52 bits per heavy atom. The Kier molecular flexibility index (Phi) is 5.63. The SMILES string of the molecule is CN=C(NCCNC(C)(C)C)NCC1(c2cccc(F)c2)CC1. The molecule has 0 amide bonds. The number of hydrogen-bond acceptors (Lipinski definition) is 2. The van der Waals surface area contributed by atoms with Gasteiger partial charge in [0.25, 0.3) is 0 Å². The van der Waals surface area contributed by atoms with Crippen LogP contribution in [-0.4, -0.2) is 38.2 Å². The van der Waals surface area contributed by atoms with Crippen LogP contribution in [0.5, 0.6) is 0 Å². The largest absolute Gasteiger partial charge is 0.356 e. The Bertz CT molecular complexity index is 544. The lowest BCUT2D eigenvalue weighted by molar-refractivity contribution is 0.428. The van der Waals surface area contributed by atoms with Crippen molar-refractivity contribution in [3.8, 4) is 0 Å². The normalized spacial score (nSPS) is 17.0. The third-order valence-corrected chi connectivity index (χ3v) is 4.18. The average molecular weight is 320 g/mol. The topological polar surface area (TPSA) is 48.5 Å². The highest BCUT2D eigenvalue weighted by molar-refractivity contribution is 5.79. The lowest BCUT2D eigenvalue weighted by atomic mass is 9.96. The van der Waals surface area contributed by atoms with Gasteiger partial charge in [-0.05, 0) is 51.3 Å². The molecule has 0 radical (unpaired) electrons. The van der Waals surface area contributed by atoms with Gasteiger partial charge in [-0.25, -0.2) is 4.39 Å². The summed E-state index contributed by atoms with van der Waals surface area (Å²) in [6.45, 7) is 8.91. The van der Waals surface area contributed by atoms with Crippen LogP contribution in [0.15, 0.2) is 29.3 Å². The monoisotopic (exact) mass is 320 g/mol. The second kappa shape index (κ2) is 7.30. The zero-order chi connectivity index (χ0) is 16.9. The molecule has 4 nitrogen and oxygen atoms in total. The van der Waals surface area contributed by atoms with Gasteiger partial charge >= 0.3 is 0 Å². The van der Waals surface area contributed by atoms with E-state index >= 15 is 0 Å². The highest BCUT2D eigenvalue weighted by atomic mass is 19.1. The van der Waals surface area contributed by atoms with Crippen molar-refractivity contribution in [1.82, 2.24) is 16.0 Å². The molecule has 0 unspecified atom stereocenters. The van der Waals surface area contributed by atoms with Gasteiger partial charge in [-0.2, -0.15) is 0 Å². The Balaban J connectivity index is 1.80. The molecule has 23 heavy (non-hydrogen) atoms. The van der Waals surface area contributed by atoms with E-state index in [0.717, 1.165) is 44.0 Å². The molecule has 1 aromatic carbocycles. The number of nitrogens with zero attached hydrogens (tertiary/aromatic N) is 1. The molecular weight excluding hydrogens is 291 g/mol. The standard InChI is InChI=1S/C18H29FN4/c1-17(2,3)23-11-10-21-16(20-4)22-13-18(8-9-18)14-6-5-7-15(19)12-14/h5-7,12,23H,8-11,13H2,1-4H3,(H2,20,21,22). The molecule has 3 N–H and O–H groups in total. The quantitative estimate of drug-likeness (QED) is 0.429. The van der Waals surface area contributed by atoms with Gasteiger partial charge in [0.15, 0.2) is 5.96 Å². The first-order valence-electron chi connectivity index (χ1n) is 8.30. The van der Waals surface area contributed by atoms with Crippen LogP contribution in [-0.2, 0) is 5.41 Å². The van der Waals surface area contributed by atoms with E-state index in [0.29, 0.717) is 0 Å². The molecule has 1 fully saturated rings. The van der Waals surface area contributed by atoms with Crippen molar-refractivity contribution in [2.45, 2.75) is 44.6 Å². The molecule has 1 aromatic rings. The predicted molar refractivity (Wildman–Crippen MR) is 94.4 cm³/mol. The molecule has 0 spiro atoms. The summed E-state index contributed by atoms with van der Waals surface area (Å²) in [4.78, 5) is 4.26. The van der Waals surface area contributed by atoms with Crippen molar-refractivity contribution in [3.05, 3.63) is 35.6 Å². The summed E-state index contributed by atoms with van der Waals surface area (Å²) in [5.41, 5.74) is 1.26. The highest BCUT2D eigenvalue weighted by Crippen LogP contribution is 2.47. The number of hydrogen-bond donors (Lipinski definition) is 3. The van der Waals surface area contributed by atoms with E-state index < -0.39 is 0 Å². The van der Waals surface area contributed by atoms with E-state index in [1.54, 1.807) is 19.2 Å². The maximum Gasteiger partial charge on any atom is 0.191 e. The van der Waals surface area contributed by atoms with E-state index in [2.05, 4.69) is 41.7 Å². The summed E-state index contributed by atoms with van der Waals surface area (Å²) >= 11 is 0. The summed E-state index contributed by atoms with van der Waals surface area (Å²) in [6.07, 6.45) is 2.18. The smallest absolute Gasteiger partial charge is 0.191 e. The van der Waals surface area contributed by atoms with E-state index in [9.17, 15) is 4.39 Å². The maximum absolute atomic E-state index is 13.4. The Labute approximate surface area is 139 Å². The molecule has 0 heterocycles. The fraction of sp³-hybridized carbons (Fsp3) is 0.611. The van der Waals surface area contributed by atoms with Crippen LogP contribution in [0.1, 0.15) is 39.2 Å². The number of nitrogens with one attached hydrogen (secondary N) is 3. The molecule has 1 aliphatic rings. The van der Waals surface area contributed by atoms with Crippen molar-refractivity contribution in [1.29, 1.82) is 0 Å². The van der Waals surface area contributed by atoms with Gasteiger partial charge in [0.2, 0.25) is 0 Å². The van der Waals surface area contributed by atoms with Crippen molar-refractivity contribution in [3.63, 3.8) is 0 Å². The molecule has 0 aromatic heterocycles. The van der Waals surface area contributed by atoms with Gasteiger partial charge in [0.05, 0.1) is 0 Å². The van der Waals surface area contributed by atoms with Gasteiger partial charge in [0.1, 0.15) is 5.82 Å². The van der Waals surface area contributed by atoms with Crippen molar-refractivity contribution >= 4 is 5.96 Å². The van der Waals surface area contributed by atoms with Crippen LogP contribution in [0.25, 0.3) is 0 Å². The summed E-state index contributed by atoms with van der Waals surface area (Å²) < 4.78 is 13.4. The maximum atomic E-state index is 13.4. The molecule has 5 heteroatoms. The molecule has 0 aliphatic heterocycles. The molecule has 128 valence electrons. The third kappa shape index (κ3) is 5.50. The summed E-state index contributed by atoms with van der Waals surface area (Å²) in [5.74, 6) is 0.632. The van der Waals surface area contributed by atoms with Gasteiger partial charge in [0, 0.05) is 37.6 Å². The highest BCUT2D eigenvalue weighted by Gasteiger charge is 2.44. The lowest BCUT2D eigenvalue weighted by Crippen LogP contribution is -2.46. The minimum Gasteiger partial charge on any atom is -0.356 e. The molecule has 2 rings (SSSR count). The molecular formula is C18H29FN4. The Morgan fingerprint density at radius 1 is 1.22 bits per heavy atom. The second-order valence-corrected chi connectivity index (χ2v) is 7.32. The van der Waals surface area contributed by atoms with Gasteiger partial charge in [-0.3, -0.25) is 4.99 Å². The molecule has 0 atom stereocenters. The van der Waals surface area contributed by atoms with Crippen LogP contribution < -0.4 is 16.0 Å². The number of halogens is 1. The first-order valence-corrected chi connectivity index (χ1v) is 8.30. The van der Waals surface area contributed by atoms with E-state index in [4.69, 9.17) is 0 Å². The van der Waals surface area contributed by atoms with Crippen molar-refractivity contribution in [2.75, 3.05) is 26.7 Å². The minimum atomic E-state index is -0.162. The minimum absolute atomic E-state index is 0.0589. The predicted octanol–water partition coefficient (Wildman–Crippen LogP) is 2.41. The van der Waals surface area contributed by atoms with E-state index in [-0.39, 0.29) is 16.8 Å². The van der Waals surface area contributed by atoms with Gasteiger partial charge < -0.3 is 16.0 Å². The number of rotatable bonds is 6. The fourth-order valence-electron chi connectivity index (χ4n) is 2.63. The lowest BCUT2D eigenvalue weighted by Gasteiger charge is -2.22. The van der Waals surface area contributed by atoms with Crippen LogP contribution in [0.4, 0.5) is 4.39 Å². The van der Waals surface area contributed by atoms with Gasteiger partial charge in [-0.15, -0.1) is 0 Å². The van der Waals surface area contributed by atoms with E-state index in [1.165, 1.54) is 6.07 Å². The zero-order valence-corrected chi connectivity index (χ0v) is 14.7. The Hall–Kier alpha value is -1.62. The summed E-state index contributed by atoms with van der Waals surface area (Å²) in [6, 6.07) is 6.95. The van der Waals surface area contributed by atoms with Crippen LogP contribution in [0.2, 0.25) is 0 Å². The summed E-state index contributed by atoms with van der Waals surface area (Å²) in [5, 5.41) is 10.1. The number of aliphatic imine (C=N–C) groups is 1. The van der Waals surface area contributed by atoms with E-state index in [1.807, 2.05) is 6.07 Å². The van der Waals surface area contributed by atoms with Crippen LogP contribution >= 0.6 is 0 Å². The van der Waals surface area contributed by atoms with Gasteiger partial charge in [-0.1, -0.05) is 12.1 Å². The molecule has 0 saturated heterocycles. The Morgan fingerprint density at radius 2 is 1.96 bits per heavy atom. The summed E-state index contributed by atoms with van der Waals surface area (Å²) in [7, 11) is 1.77.